The third-order valence-electron chi connectivity index (χ3n) is 3.92. The smallest absolute Gasteiger partial charge is 0.455 e. The van der Waals surface area contributed by atoms with Crippen LogP contribution in [0.25, 0.3) is 33.1 Å². The van der Waals surface area contributed by atoms with Crippen molar-refractivity contribution in [1.82, 2.24) is 0 Å². The fraction of sp³-hybridized carbons (Fsp3) is 0. The maximum atomic E-state index is 9.67. The van der Waals surface area contributed by atoms with Gasteiger partial charge in [0.1, 0.15) is 11.2 Å². The maximum absolute atomic E-state index is 9.67. The number of hydrogen-bond acceptors (Lipinski definition) is 3. The molecule has 4 rings (SSSR count). The second kappa shape index (κ2) is 5.02. The molecule has 0 atom stereocenters. The maximum Gasteiger partial charge on any atom is 0.489 e. The van der Waals surface area contributed by atoms with Gasteiger partial charge in [0, 0.05) is 16.3 Å². The van der Waals surface area contributed by atoms with E-state index in [2.05, 4.69) is 0 Å². The first-order chi connectivity index (χ1) is 10.8. The molecule has 22 heavy (non-hydrogen) atoms. The number of rotatable bonds is 2. The van der Waals surface area contributed by atoms with Gasteiger partial charge in [-0.15, -0.1) is 0 Å². The minimum Gasteiger partial charge on any atom is -0.455 e. The lowest BCUT2D eigenvalue weighted by Crippen LogP contribution is -2.30. The van der Waals surface area contributed by atoms with E-state index in [4.69, 9.17) is 4.42 Å². The van der Waals surface area contributed by atoms with Crippen molar-refractivity contribution in [1.29, 1.82) is 0 Å². The van der Waals surface area contributed by atoms with Gasteiger partial charge in [-0.25, -0.2) is 0 Å². The van der Waals surface area contributed by atoms with Gasteiger partial charge in [-0.05, 0) is 17.1 Å². The quantitative estimate of drug-likeness (QED) is 0.558. The molecule has 0 amide bonds. The molecule has 0 aliphatic heterocycles. The zero-order valence-corrected chi connectivity index (χ0v) is 11.7. The molecule has 0 aliphatic rings. The summed E-state index contributed by atoms with van der Waals surface area (Å²) in [5, 5.41) is 21.0. The van der Waals surface area contributed by atoms with Crippen LogP contribution in [0.2, 0.25) is 0 Å². The molecule has 0 radical (unpaired) electrons. The van der Waals surface area contributed by atoms with E-state index in [9.17, 15) is 10.0 Å². The van der Waals surface area contributed by atoms with Crippen molar-refractivity contribution in [3.63, 3.8) is 0 Å². The van der Waals surface area contributed by atoms with Gasteiger partial charge >= 0.3 is 7.12 Å². The molecular formula is C18H13BO3. The highest BCUT2D eigenvalue weighted by atomic mass is 16.4. The Morgan fingerprint density at radius 1 is 0.773 bits per heavy atom. The lowest BCUT2D eigenvalue weighted by Gasteiger charge is -2.07. The molecular weight excluding hydrogens is 275 g/mol. The van der Waals surface area contributed by atoms with Crippen LogP contribution in [0.5, 0.6) is 0 Å². The highest BCUT2D eigenvalue weighted by Gasteiger charge is 2.21. The molecule has 1 aromatic heterocycles. The summed E-state index contributed by atoms with van der Waals surface area (Å²) in [6, 6.07) is 21.2. The van der Waals surface area contributed by atoms with E-state index < -0.39 is 7.12 Å². The van der Waals surface area contributed by atoms with Gasteiger partial charge in [-0.3, -0.25) is 0 Å². The lowest BCUT2D eigenvalue weighted by molar-refractivity contribution is 0.426. The number of hydrogen-bond donors (Lipinski definition) is 2. The first kappa shape index (κ1) is 13.1. The summed E-state index contributed by atoms with van der Waals surface area (Å²) in [6.07, 6.45) is 0. The SMILES string of the molecule is OB(O)c1ccc(-c2ccccc2)c2oc3ccccc3c12. The number of furan rings is 1. The average Bonchev–Trinajstić information content (AvgIpc) is 2.94. The van der Waals surface area contributed by atoms with Crippen LogP contribution in [0.1, 0.15) is 0 Å². The summed E-state index contributed by atoms with van der Waals surface area (Å²) in [6.45, 7) is 0. The first-order valence-corrected chi connectivity index (χ1v) is 7.11. The van der Waals surface area contributed by atoms with Gasteiger partial charge < -0.3 is 14.5 Å². The fourth-order valence-electron chi connectivity index (χ4n) is 2.91. The summed E-state index contributed by atoms with van der Waals surface area (Å²) in [7, 11) is -1.53. The molecule has 1 heterocycles. The molecule has 0 unspecified atom stereocenters. The van der Waals surface area contributed by atoms with Crippen molar-refractivity contribution in [3.05, 3.63) is 66.7 Å². The molecule has 0 fully saturated rings. The second-order valence-corrected chi connectivity index (χ2v) is 5.24. The van der Waals surface area contributed by atoms with E-state index in [-0.39, 0.29) is 0 Å². The summed E-state index contributed by atoms with van der Waals surface area (Å²) in [5.41, 5.74) is 3.85. The Kier molecular flexibility index (Phi) is 3.00. The van der Waals surface area contributed by atoms with Gasteiger partial charge in [-0.1, -0.05) is 60.7 Å². The molecule has 3 aromatic carbocycles. The Balaban J connectivity index is 2.15. The largest absolute Gasteiger partial charge is 0.489 e. The van der Waals surface area contributed by atoms with Crippen LogP contribution in [0.15, 0.2) is 71.1 Å². The third kappa shape index (κ3) is 1.93. The van der Waals surface area contributed by atoms with E-state index in [0.717, 1.165) is 27.5 Å². The van der Waals surface area contributed by atoms with Gasteiger partial charge in [0.25, 0.3) is 0 Å². The van der Waals surface area contributed by atoms with Gasteiger partial charge in [-0.2, -0.15) is 0 Å². The number of para-hydroxylation sites is 1. The van der Waals surface area contributed by atoms with Crippen LogP contribution >= 0.6 is 0 Å². The standard InChI is InChI=1S/C18H13BO3/c20-19(21)15-11-10-13(12-6-2-1-3-7-12)18-17(15)14-8-4-5-9-16(14)22-18/h1-11,20-21H. The van der Waals surface area contributed by atoms with Crippen LogP contribution in [-0.4, -0.2) is 17.2 Å². The zero-order valence-electron chi connectivity index (χ0n) is 11.7. The predicted octanol–water partition coefficient (Wildman–Crippen LogP) is 2.93. The Hall–Kier alpha value is -2.56. The summed E-state index contributed by atoms with van der Waals surface area (Å²) < 4.78 is 6.01. The normalized spacial score (nSPS) is 11.2. The van der Waals surface area contributed by atoms with Crippen LogP contribution in [0.4, 0.5) is 0 Å². The molecule has 0 aliphatic carbocycles. The Morgan fingerprint density at radius 3 is 2.27 bits per heavy atom. The van der Waals surface area contributed by atoms with Crippen molar-refractivity contribution in [2.45, 2.75) is 0 Å². The van der Waals surface area contributed by atoms with E-state index in [1.807, 2.05) is 60.7 Å². The average molecular weight is 288 g/mol. The van der Waals surface area contributed by atoms with Crippen molar-refractivity contribution in [2.24, 2.45) is 0 Å². The molecule has 2 N–H and O–H groups in total. The first-order valence-electron chi connectivity index (χ1n) is 7.11. The van der Waals surface area contributed by atoms with Crippen molar-refractivity contribution >= 4 is 34.5 Å². The highest BCUT2D eigenvalue weighted by Crippen LogP contribution is 2.34. The Labute approximate surface area is 127 Å². The van der Waals surface area contributed by atoms with Crippen LogP contribution < -0.4 is 5.46 Å². The molecule has 3 nitrogen and oxygen atoms in total. The number of fused-ring (bicyclic) bond motifs is 3. The zero-order chi connectivity index (χ0) is 15.1. The molecule has 0 spiro atoms. The summed E-state index contributed by atoms with van der Waals surface area (Å²) in [5.74, 6) is 0. The molecule has 0 bridgehead atoms. The summed E-state index contributed by atoms with van der Waals surface area (Å²) >= 11 is 0. The molecule has 0 saturated carbocycles. The van der Waals surface area contributed by atoms with E-state index >= 15 is 0 Å². The lowest BCUT2D eigenvalue weighted by atomic mass is 9.76. The Bertz CT molecular complexity index is 958. The molecule has 106 valence electrons. The van der Waals surface area contributed by atoms with Crippen molar-refractivity contribution in [3.8, 4) is 11.1 Å². The second-order valence-electron chi connectivity index (χ2n) is 5.24. The van der Waals surface area contributed by atoms with Gasteiger partial charge in [0.2, 0.25) is 0 Å². The molecule has 0 saturated heterocycles. The topological polar surface area (TPSA) is 53.6 Å². The monoisotopic (exact) mass is 288 g/mol. The van der Waals surface area contributed by atoms with Crippen LogP contribution in [0.3, 0.4) is 0 Å². The minimum absolute atomic E-state index is 0.458. The predicted molar refractivity (Wildman–Crippen MR) is 89.0 cm³/mol. The van der Waals surface area contributed by atoms with Crippen molar-refractivity contribution < 1.29 is 14.5 Å². The fourth-order valence-corrected chi connectivity index (χ4v) is 2.91. The van der Waals surface area contributed by atoms with E-state index in [1.165, 1.54) is 0 Å². The third-order valence-corrected chi connectivity index (χ3v) is 3.92. The summed E-state index contributed by atoms with van der Waals surface area (Å²) in [4.78, 5) is 0. The highest BCUT2D eigenvalue weighted by molar-refractivity contribution is 6.63. The van der Waals surface area contributed by atoms with E-state index in [1.54, 1.807) is 6.07 Å². The van der Waals surface area contributed by atoms with Crippen molar-refractivity contribution in [2.75, 3.05) is 0 Å². The van der Waals surface area contributed by atoms with E-state index in [0.29, 0.717) is 11.0 Å². The number of benzene rings is 3. The van der Waals surface area contributed by atoms with Crippen LogP contribution in [0, 0.1) is 0 Å². The Morgan fingerprint density at radius 2 is 1.50 bits per heavy atom. The van der Waals surface area contributed by atoms with Gasteiger partial charge in [0.15, 0.2) is 0 Å². The molecule has 4 heteroatoms. The van der Waals surface area contributed by atoms with Gasteiger partial charge in [0.05, 0.1) is 0 Å². The minimum atomic E-state index is -1.53. The molecule has 4 aromatic rings. The van der Waals surface area contributed by atoms with Crippen LogP contribution in [-0.2, 0) is 0 Å².